The summed E-state index contributed by atoms with van der Waals surface area (Å²) in [5, 5.41) is 4.63. The van der Waals surface area contributed by atoms with E-state index in [1.807, 2.05) is 11.8 Å². The molecule has 3 unspecified atom stereocenters. The molecule has 1 saturated heterocycles. The molecule has 0 spiro atoms. The summed E-state index contributed by atoms with van der Waals surface area (Å²) in [6.07, 6.45) is 7.05. The number of rotatable bonds is 2. The van der Waals surface area contributed by atoms with Gasteiger partial charge in [0.15, 0.2) is 5.82 Å². The van der Waals surface area contributed by atoms with Crippen molar-refractivity contribution in [3.63, 3.8) is 0 Å². The molecule has 2 fully saturated rings. The van der Waals surface area contributed by atoms with Crippen LogP contribution in [0.25, 0.3) is 0 Å². The minimum Gasteiger partial charge on any atom is -0.339 e. The van der Waals surface area contributed by atoms with Gasteiger partial charge in [0.2, 0.25) is 5.89 Å². The van der Waals surface area contributed by atoms with Crippen molar-refractivity contribution < 1.29 is 4.52 Å². The number of hydrogen-bond acceptors (Lipinski definition) is 5. The van der Waals surface area contributed by atoms with Crippen LogP contribution in [0.3, 0.4) is 0 Å². The maximum atomic E-state index is 6.20. The molecule has 100 valence electrons. The lowest BCUT2D eigenvalue weighted by molar-refractivity contribution is 0.276. The minimum atomic E-state index is -0.107. The first-order valence-electron chi connectivity index (χ1n) is 6.91. The monoisotopic (exact) mass is 267 g/mol. The zero-order valence-electron chi connectivity index (χ0n) is 10.9. The first-order chi connectivity index (χ1) is 8.70. The summed E-state index contributed by atoms with van der Waals surface area (Å²) in [6, 6.07) is 0.157. The quantitative estimate of drug-likeness (QED) is 0.892. The van der Waals surface area contributed by atoms with Crippen molar-refractivity contribution >= 4 is 11.8 Å². The second-order valence-corrected chi connectivity index (χ2v) is 7.04. The molecule has 0 amide bonds. The van der Waals surface area contributed by atoms with Crippen LogP contribution in [0.5, 0.6) is 0 Å². The number of aromatic nitrogens is 2. The van der Waals surface area contributed by atoms with Crippen LogP contribution >= 0.6 is 11.8 Å². The molecule has 0 aromatic carbocycles. The van der Waals surface area contributed by atoms with E-state index in [9.17, 15) is 0 Å². The van der Waals surface area contributed by atoms with Gasteiger partial charge in [-0.05, 0) is 38.4 Å². The second kappa shape index (κ2) is 4.85. The number of nitrogens with two attached hydrogens (primary N) is 1. The summed E-state index contributed by atoms with van der Waals surface area (Å²) in [4.78, 5) is 4.66. The molecule has 1 aliphatic heterocycles. The standard InChI is InChI=1S/C13H21N3OS/c1-13(7-4-6-10(13)14)12-15-11(16-17-12)9-5-2-3-8-18-9/h9-10H,2-8,14H2,1H3. The molecule has 1 saturated carbocycles. The Bertz CT molecular complexity index is 416. The Morgan fingerprint density at radius 2 is 2.22 bits per heavy atom. The van der Waals surface area contributed by atoms with Crippen LogP contribution in [-0.4, -0.2) is 21.9 Å². The van der Waals surface area contributed by atoms with Crippen molar-refractivity contribution in [3.05, 3.63) is 11.7 Å². The third-order valence-electron chi connectivity index (χ3n) is 4.43. The Morgan fingerprint density at radius 1 is 1.33 bits per heavy atom. The topological polar surface area (TPSA) is 64.9 Å². The maximum Gasteiger partial charge on any atom is 0.234 e. The minimum absolute atomic E-state index is 0.107. The summed E-state index contributed by atoms with van der Waals surface area (Å²) >= 11 is 1.96. The number of hydrogen-bond donors (Lipinski definition) is 1. The maximum absolute atomic E-state index is 6.20. The Labute approximate surface area is 112 Å². The summed E-state index contributed by atoms with van der Waals surface area (Å²) in [5.41, 5.74) is 6.09. The lowest BCUT2D eigenvalue weighted by atomic mass is 9.85. The number of thioether (sulfide) groups is 1. The molecule has 1 aliphatic carbocycles. The van der Waals surface area contributed by atoms with Gasteiger partial charge in [0.1, 0.15) is 0 Å². The highest BCUT2D eigenvalue weighted by Gasteiger charge is 2.43. The van der Waals surface area contributed by atoms with Crippen molar-refractivity contribution in [3.8, 4) is 0 Å². The molecule has 1 aromatic heterocycles. The normalized spacial score (nSPS) is 37.0. The van der Waals surface area contributed by atoms with Gasteiger partial charge in [-0.25, -0.2) is 0 Å². The van der Waals surface area contributed by atoms with Gasteiger partial charge in [0, 0.05) is 6.04 Å². The van der Waals surface area contributed by atoms with Crippen molar-refractivity contribution in [1.82, 2.24) is 10.1 Å². The first-order valence-corrected chi connectivity index (χ1v) is 7.96. The third kappa shape index (κ3) is 2.07. The highest BCUT2D eigenvalue weighted by atomic mass is 32.2. The second-order valence-electron chi connectivity index (χ2n) is 5.73. The van der Waals surface area contributed by atoms with E-state index in [2.05, 4.69) is 17.1 Å². The average molecular weight is 267 g/mol. The average Bonchev–Trinajstić information content (AvgIpc) is 3.00. The van der Waals surface area contributed by atoms with E-state index in [1.165, 1.54) is 25.0 Å². The van der Waals surface area contributed by atoms with Gasteiger partial charge in [-0.1, -0.05) is 18.0 Å². The molecule has 3 rings (SSSR count). The van der Waals surface area contributed by atoms with Crippen LogP contribution < -0.4 is 5.73 Å². The summed E-state index contributed by atoms with van der Waals surface area (Å²) in [5.74, 6) is 2.86. The molecule has 4 nitrogen and oxygen atoms in total. The fraction of sp³-hybridized carbons (Fsp3) is 0.846. The van der Waals surface area contributed by atoms with Gasteiger partial charge >= 0.3 is 0 Å². The van der Waals surface area contributed by atoms with Crippen molar-refractivity contribution in [2.24, 2.45) is 5.73 Å². The summed E-state index contributed by atoms with van der Waals surface area (Å²) < 4.78 is 5.52. The first kappa shape index (κ1) is 12.5. The van der Waals surface area contributed by atoms with Gasteiger partial charge in [0.05, 0.1) is 10.7 Å². The van der Waals surface area contributed by atoms with Gasteiger partial charge in [0.25, 0.3) is 0 Å². The molecule has 0 radical (unpaired) electrons. The van der Waals surface area contributed by atoms with E-state index in [4.69, 9.17) is 10.3 Å². The molecular formula is C13H21N3OS. The molecule has 2 heterocycles. The lowest BCUT2D eigenvalue weighted by Gasteiger charge is -2.24. The molecular weight excluding hydrogens is 246 g/mol. The molecule has 2 aliphatic rings. The lowest BCUT2D eigenvalue weighted by Crippen LogP contribution is -2.38. The van der Waals surface area contributed by atoms with E-state index in [0.29, 0.717) is 5.25 Å². The Morgan fingerprint density at radius 3 is 2.89 bits per heavy atom. The Kier molecular flexibility index (Phi) is 3.36. The van der Waals surface area contributed by atoms with Crippen LogP contribution in [0, 0.1) is 0 Å². The van der Waals surface area contributed by atoms with Crippen LogP contribution in [0.1, 0.15) is 62.4 Å². The van der Waals surface area contributed by atoms with E-state index in [1.54, 1.807) is 0 Å². The van der Waals surface area contributed by atoms with E-state index in [0.717, 1.165) is 31.0 Å². The molecule has 1 aromatic rings. The van der Waals surface area contributed by atoms with Gasteiger partial charge in [-0.15, -0.1) is 0 Å². The largest absolute Gasteiger partial charge is 0.339 e. The van der Waals surface area contributed by atoms with Gasteiger partial charge in [-0.2, -0.15) is 16.7 Å². The van der Waals surface area contributed by atoms with E-state index < -0.39 is 0 Å². The highest BCUT2D eigenvalue weighted by Crippen LogP contribution is 2.41. The molecule has 18 heavy (non-hydrogen) atoms. The smallest absolute Gasteiger partial charge is 0.234 e. The predicted molar refractivity (Wildman–Crippen MR) is 72.5 cm³/mol. The predicted octanol–water partition coefficient (Wildman–Crippen LogP) is 2.80. The zero-order chi connectivity index (χ0) is 12.6. The zero-order valence-corrected chi connectivity index (χ0v) is 11.7. The summed E-state index contributed by atoms with van der Waals surface area (Å²) in [7, 11) is 0. The number of nitrogens with zero attached hydrogens (tertiary/aromatic N) is 2. The van der Waals surface area contributed by atoms with Crippen molar-refractivity contribution in [1.29, 1.82) is 0 Å². The molecule has 0 bridgehead atoms. The van der Waals surface area contributed by atoms with Crippen molar-refractivity contribution in [2.45, 2.75) is 62.2 Å². The SMILES string of the molecule is CC1(c2nc(C3CCCCS3)no2)CCCC1N. The van der Waals surface area contributed by atoms with Crippen LogP contribution in [0.2, 0.25) is 0 Å². The Balaban J connectivity index is 1.80. The summed E-state index contributed by atoms with van der Waals surface area (Å²) in [6.45, 7) is 2.16. The molecule has 5 heteroatoms. The van der Waals surface area contributed by atoms with Crippen LogP contribution in [0.15, 0.2) is 4.52 Å². The van der Waals surface area contributed by atoms with Gasteiger partial charge < -0.3 is 10.3 Å². The molecule has 2 N–H and O–H groups in total. The van der Waals surface area contributed by atoms with Gasteiger partial charge in [-0.3, -0.25) is 0 Å². The van der Waals surface area contributed by atoms with Crippen LogP contribution in [0.4, 0.5) is 0 Å². The Hall–Kier alpha value is -0.550. The van der Waals surface area contributed by atoms with Crippen molar-refractivity contribution in [2.75, 3.05) is 5.75 Å². The fourth-order valence-corrected chi connectivity index (χ4v) is 4.23. The van der Waals surface area contributed by atoms with Crippen LogP contribution in [-0.2, 0) is 5.41 Å². The third-order valence-corrected chi connectivity index (χ3v) is 5.80. The molecule has 3 atom stereocenters. The highest BCUT2D eigenvalue weighted by molar-refractivity contribution is 7.99. The van der Waals surface area contributed by atoms with E-state index in [-0.39, 0.29) is 11.5 Å². The van der Waals surface area contributed by atoms with E-state index >= 15 is 0 Å². The fourth-order valence-electron chi connectivity index (χ4n) is 3.00.